The van der Waals surface area contributed by atoms with Gasteiger partial charge in [0.15, 0.2) is 0 Å². The molecule has 2 heterocycles. The van der Waals surface area contributed by atoms with Gasteiger partial charge in [-0.25, -0.2) is 0 Å². The third-order valence-electron chi connectivity index (χ3n) is 4.83. The lowest BCUT2D eigenvalue weighted by Crippen LogP contribution is -2.31. The quantitative estimate of drug-likeness (QED) is 0.768. The lowest BCUT2D eigenvalue weighted by molar-refractivity contribution is 0.0928. The zero-order valence-electron chi connectivity index (χ0n) is 14.5. The Morgan fingerprint density at radius 2 is 2.32 bits per heavy atom. The second-order valence-corrected chi connectivity index (χ2v) is 6.45. The minimum atomic E-state index is -0.0872. The topological polar surface area (TPSA) is 71.9 Å². The number of nitrogens with one attached hydrogen (secondary N) is 2. The molecule has 3 aromatic rings. The second-order valence-electron chi connectivity index (χ2n) is 6.45. The Kier molecular flexibility index (Phi) is 3.95. The number of aromatic amines is 1. The molecule has 0 radical (unpaired) electrons. The smallest absolute Gasteiger partial charge is 0.268 e. The molecule has 0 fully saturated rings. The summed E-state index contributed by atoms with van der Waals surface area (Å²) in [5.41, 5.74) is 3.83. The third-order valence-corrected chi connectivity index (χ3v) is 4.83. The number of carbonyl (C=O) groups excluding carboxylic acids is 1. The molecule has 2 aromatic heterocycles. The van der Waals surface area contributed by atoms with E-state index in [1.807, 2.05) is 49.1 Å². The number of hydrogen-bond donors (Lipinski definition) is 2. The van der Waals surface area contributed by atoms with Gasteiger partial charge in [0.05, 0.1) is 18.8 Å². The average molecular weight is 338 g/mol. The van der Waals surface area contributed by atoms with Gasteiger partial charge in [0.2, 0.25) is 0 Å². The minimum Gasteiger partial charge on any atom is -0.494 e. The monoisotopic (exact) mass is 338 g/mol. The van der Waals surface area contributed by atoms with E-state index in [0.29, 0.717) is 12.3 Å². The molecule has 1 amide bonds. The number of rotatable bonds is 4. The highest BCUT2D eigenvalue weighted by Gasteiger charge is 2.25. The first-order valence-electron chi connectivity index (χ1n) is 8.73. The Bertz CT molecular complexity index is 925. The molecule has 0 saturated heterocycles. The summed E-state index contributed by atoms with van der Waals surface area (Å²) in [5.74, 6) is 0.715. The number of nitrogens with zero attached hydrogens (tertiary/aromatic N) is 2. The molecule has 130 valence electrons. The summed E-state index contributed by atoms with van der Waals surface area (Å²) in [7, 11) is 1.96. The Labute approximate surface area is 146 Å². The van der Waals surface area contributed by atoms with E-state index in [1.165, 1.54) is 5.69 Å². The predicted molar refractivity (Wildman–Crippen MR) is 95.8 cm³/mol. The maximum Gasteiger partial charge on any atom is 0.268 e. The van der Waals surface area contributed by atoms with Crippen molar-refractivity contribution in [2.24, 2.45) is 7.05 Å². The highest BCUT2D eigenvalue weighted by molar-refractivity contribution is 5.98. The van der Waals surface area contributed by atoms with Gasteiger partial charge in [0.1, 0.15) is 11.4 Å². The Hall–Kier alpha value is -2.76. The maximum absolute atomic E-state index is 12.7. The number of carbonyl (C=O) groups is 1. The van der Waals surface area contributed by atoms with Crippen molar-refractivity contribution in [3.8, 4) is 5.75 Å². The summed E-state index contributed by atoms with van der Waals surface area (Å²) in [6, 6.07) is 7.72. The van der Waals surface area contributed by atoms with E-state index in [0.717, 1.165) is 41.5 Å². The standard InChI is InChI=1S/C19H22N4O2/c1-3-25-13-8-7-12-9-17(21-16(12)10-13)19(24)22-15-5-4-6-18-14(15)11-20-23(18)2/h7-11,15,21H,3-6H2,1-2H3,(H,22,24)/t15-/m1/s1. The van der Waals surface area contributed by atoms with Crippen LogP contribution in [0.3, 0.4) is 0 Å². The summed E-state index contributed by atoms with van der Waals surface area (Å²) in [6.07, 6.45) is 4.89. The number of fused-ring (bicyclic) bond motifs is 2. The van der Waals surface area contributed by atoms with Gasteiger partial charge < -0.3 is 15.0 Å². The van der Waals surface area contributed by atoms with Crippen LogP contribution >= 0.6 is 0 Å². The number of amides is 1. The van der Waals surface area contributed by atoms with Gasteiger partial charge in [-0.1, -0.05) is 0 Å². The molecule has 1 aliphatic carbocycles. The van der Waals surface area contributed by atoms with Crippen molar-refractivity contribution in [1.29, 1.82) is 0 Å². The van der Waals surface area contributed by atoms with E-state index in [-0.39, 0.29) is 11.9 Å². The zero-order valence-corrected chi connectivity index (χ0v) is 14.5. The first-order valence-corrected chi connectivity index (χ1v) is 8.73. The molecule has 1 aromatic carbocycles. The van der Waals surface area contributed by atoms with Crippen molar-refractivity contribution in [2.75, 3.05) is 6.61 Å². The highest BCUT2D eigenvalue weighted by atomic mass is 16.5. The average Bonchev–Trinajstić information content (AvgIpc) is 3.20. The highest BCUT2D eigenvalue weighted by Crippen LogP contribution is 2.29. The lowest BCUT2D eigenvalue weighted by atomic mass is 9.93. The first kappa shape index (κ1) is 15.7. The number of benzene rings is 1. The van der Waals surface area contributed by atoms with E-state index in [1.54, 1.807) is 0 Å². The Balaban J connectivity index is 1.56. The summed E-state index contributed by atoms with van der Waals surface area (Å²) in [6.45, 7) is 2.57. The van der Waals surface area contributed by atoms with Crippen molar-refractivity contribution < 1.29 is 9.53 Å². The van der Waals surface area contributed by atoms with Crippen LogP contribution in [0, 0.1) is 0 Å². The van der Waals surface area contributed by atoms with Gasteiger partial charge >= 0.3 is 0 Å². The van der Waals surface area contributed by atoms with E-state index >= 15 is 0 Å². The van der Waals surface area contributed by atoms with E-state index in [2.05, 4.69) is 15.4 Å². The summed E-state index contributed by atoms with van der Waals surface area (Å²) in [4.78, 5) is 15.9. The number of aryl methyl sites for hydroxylation is 1. The molecule has 2 N–H and O–H groups in total. The van der Waals surface area contributed by atoms with Crippen molar-refractivity contribution in [3.63, 3.8) is 0 Å². The molecule has 0 bridgehead atoms. The summed E-state index contributed by atoms with van der Waals surface area (Å²) < 4.78 is 7.43. The van der Waals surface area contributed by atoms with Gasteiger partial charge in [-0.05, 0) is 44.4 Å². The zero-order chi connectivity index (χ0) is 17.4. The Morgan fingerprint density at radius 1 is 1.44 bits per heavy atom. The molecular weight excluding hydrogens is 316 g/mol. The fourth-order valence-electron chi connectivity index (χ4n) is 3.58. The van der Waals surface area contributed by atoms with Crippen molar-refractivity contribution >= 4 is 16.8 Å². The fraction of sp³-hybridized carbons (Fsp3) is 0.368. The molecule has 0 saturated carbocycles. The van der Waals surface area contributed by atoms with Crippen LogP contribution in [-0.2, 0) is 13.5 Å². The molecule has 4 rings (SSSR count). The molecule has 6 nitrogen and oxygen atoms in total. The molecule has 6 heteroatoms. The van der Waals surface area contributed by atoms with Gasteiger partial charge in [-0.15, -0.1) is 0 Å². The van der Waals surface area contributed by atoms with Crippen LogP contribution in [0.2, 0.25) is 0 Å². The Morgan fingerprint density at radius 3 is 3.16 bits per heavy atom. The van der Waals surface area contributed by atoms with Crippen molar-refractivity contribution in [2.45, 2.75) is 32.2 Å². The van der Waals surface area contributed by atoms with Gasteiger partial charge in [-0.2, -0.15) is 5.10 Å². The maximum atomic E-state index is 12.7. The van der Waals surface area contributed by atoms with Crippen LogP contribution < -0.4 is 10.1 Å². The van der Waals surface area contributed by atoms with E-state index < -0.39 is 0 Å². The number of hydrogen-bond acceptors (Lipinski definition) is 3. The fourth-order valence-corrected chi connectivity index (χ4v) is 3.58. The van der Waals surface area contributed by atoms with Crippen LogP contribution in [0.4, 0.5) is 0 Å². The molecule has 1 atom stereocenters. The summed E-state index contributed by atoms with van der Waals surface area (Å²) >= 11 is 0. The first-order chi connectivity index (χ1) is 12.2. The molecule has 0 unspecified atom stereocenters. The number of aromatic nitrogens is 3. The normalized spacial score (nSPS) is 16.6. The second kappa shape index (κ2) is 6.27. The van der Waals surface area contributed by atoms with E-state index in [4.69, 9.17) is 4.74 Å². The lowest BCUT2D eigenvalue weighted by Gasteiger charge is -2.23. The molecule has 0 aliphatic heterocycles. The van der Waals surface area contributed by atoms with Crippen LogP contribution in [0.15, 0.2) is 30.5 Å². The van der Waals surface area contributed by atoms with Crippen LogP contribution in [0.5, 0.6) is 5.75 Å². The minimum absolute atomic E-state index is 0.0235. The van der Waals surface area contributed by atoms with Gasteiger partial charge in [0.25, 0.3) is 5.91 Å². The SMILES string of the molecule is CCOc1ccc2cc(C(=O)N[C@@H]3CCCc4c3cnn4C)[nH]c2c1. The molecular formula is C19H22N4O2. The number of ether oxygens (including phenoxy) is 1. The van der Waals surface area contributed by atoms with Gasteiger partial charge in [0, 0.05) is 35.3 Å². The largest absolute Gasteiger partial charge is 0.494 e. The van der Waals surface area contributed by atoms with Crippen LogP contribution in [0.1, 0.15) is 47.6 Å². The molecule has 1 aliphatic rings. The van der Waals surface area contributed by atoms with Crippen molar-refractivity contribution in [1.82, 2.24) is 20.1 Å². The predicted octanol–water partition coefficient (Wildman–Crippen LogP) is 3.11. The van der Waals surface area contributed by atoms with Crippen LogP contribution in [-0.4, -0.2) is 27.3 Å². The van der Waals surface area contributed by atoms with Crippen molar-refractivity contribution in [3.05, 3.63) is 47.4 Å². The molecule has 25 heavy (non-hydrogen) atoms. The molecule has 0 spiro atoms. The number of H-pyrrole nitrogens is 1. The third kappa shape index (κ3) is 2.88. The van der Waals surface area contributed by atoms with Gasteiger partial charge in [-0.3, -0.25) is 9.48 Å². The van der Waals surface area contributed by atoms with E-state index in [9.17, 15) is 4.79 Å². The summed E-state index contributed by atoms with van der Waals surface area (Å²) in [5, 5.41) is 8.48. The van der Waals surface area contributed by atoms with Crippen LogP contribution in [0.25, 0.3) is 10.9 Å².